The second-order valence-electron chi connectivity index (χ2n) is 3.37. The molecule has 0 saturated heterocycles. The van der Waals surface area contributed by atoms with Crippen LogP contribution in [-0.4, -0.2) is 10.1 Å². The number of pyridine rings is 1. The molecule has 0 fully saturated rings. The Morgan fingerprint density at radius 3 is 2.75 bits per heavy atom. The van der Waals surface area contributed by atoms with E-state index in [0.29, 0.717) is 0 Å². The summed E-state index contributed by atoms with van der Waals surface area (Å²) >= 11 is 0. The quantitative estimate of drug-likeness (QED) is 0.789. The van der Waals surface area contributed by atoms with Crippen molar-refractivity contribution in [2.45, 2.75) is 6.92 Å². The van der Waals surface area contributed by atoms with Gasteiger partial charge in [-0.15, -0.1) is 0 Å². The third-order valence-corrected chi connectivity index (χ3v) is 2.02. The fourth-order valence-electron chi connectivity index (χ4n) is 1.27. The second-order valence-corrected chi connectivity index (χ2v) is 3.37. The van der Waals surface area contributed by atoms with Gasteiger partial charge in [0.15, 0.2) is 11.5 Å². The SMILES string of the molecule is Cc1ccc(Oc2cccc(F)n2)c(O)c1. The van der Waals surface area contributed by atoms with Crippen molar-refractivity contribution in [2.75, 3.05) is 0 Å². The van der Waals surface area contributed by atoms with Crippen LogP contribution < -0.4 is 4.74 Å². The molecule has 0 spiro atoms. The van der Waals surface area contributed by atoms with Gasteiger partial charge >= 0.3 is 0 Å². The number of halogens is 1. The normalized spacial score (nSPS) is 10.1. The van der Waals surface area contributed by atoms with Crippen LogP contribution in [0.2, 0.25) is 0 Å². The van der Waals surface area contributed by atoms with E-state index < -0.39 is 5.95 Å². The van der Waals surface area contributed by atoms with Crippen LogP contribution in [0.5, 0.6) is 17.4 Å². The van der Waals surface area contributed by atoms with Crippen molar-refractivity contribution in [3.05, 3.63) is 47.9 Å². The highest BCUT2D eigenvalue weighted by Gasteiger charge is 2.05. The van der Waals surface area contributed by atoms with Gasteiger partial charge in [-0.2, -0.15) is 9.37 Å². The average Bonchev–Trinajstić information content (AvgIpc) is 2.22. The zero-order valence-corrected chi connectivity index (χ0v) is 8.64. The molecule has 0 aliphatic rings. The molecule has 0 amide bonds. The summed E-state index contributed by atoms with van der Waals surface area (Å²) in [6, 6.07) is 9.19. The van der Waals surface area contributed by atoms with Crippen molar-refractivity contribution >= 4 is 0 Å². The number of nitrogens with zero attached hydrogens (tertiary/aromatic N) is 1. The highest BCUT2D eigenvalue weighted by atomic mass is 19.1. The Labute approximate surface area is 92.1 Å². The van der Waals surface area contributed by atoms with Crippen molar-refractivity contribution in [2.24, 2.45) is 0 Å². The summed E-state index contributed by atoms with van der Waals surface area (Å²) in [4.78, 5) is 3.53. The minimum absolute atomic E-state index is 0.00561. The Bertz CT molecular complexity index is 514. The van der Waals surface area contributed by atoms with E-state index in [9.17, 15) is 9.50 Å². The lowest BCUT2D eigenvalue weighted by atomic mass is 10.2. The molecular formula is C12H10FNO2. The van der Waals surface area contributed by atoms with Gasteiger partial charge in [0, 0.05) is 6.07 Å². The lowest BCUT2D eigenvalue weighted by Crippen LogP contribution is -1.90. The molecule has 1 N–H and O–H groups in total. The maximum absolute atomic E-state index is 12.8. The van der Waals surface area contributed by atoms with E-state index in [1.807, 2.05) is 6.92 Å². The average molecular weight is 219 g/mol. The summed E-state index contributed by atoms with van der Waals surface area (Å²) in [6.07, 6.45) is 0. The summed E-state index contributed by atoms with van der Waals surface area (Å²) < 4.78 is 18.0. The second kappa shape index (κ2) is 4.18. The molecular weight excluding hydrogens is 209 g/mol. The highest BCUT2D eigenvalue weighted by molar-refractivity contribution is 5.43. The van der Waals surface area contributed by atoms with Crippen LogP contribution in [0, 0.1) is 12.9 Å². The molecule has 2 rings (SSSR count). The molecule has 0 aliphatic heterocycles. The largest absolute Gasteiger partial charge is 0.504 e. The Balaban J connectivity index is 2.27. The minimum atomic E-state index is -0.621. The van der Waals surface area contributed by atoms with E-state index in [4.69, 9.17) is 4.74 Å². The molecule has 4 heteroatoms. The van der Waals surface area contributed by atoms with E-state index in [2.05, 4.69) is 4.98 Å². The molecule has 1 aromatic heterocycles. The van der Waals surface area contributed by atoms with Gasteiger partial charge in [-0.3, -0.25) is 0 Å². The molecule has 2 aromatic rings. The monoisotopic (exact) mass is 219 g/mol. The van der Waals surface area contributed by atoms with Crippen molar-refractivity contribution in [3.8, 4) is 17.4 Å². The number of ether oxygens (including phenoxy) is 1. The number of phenols is 1. The maximum atomic E-state index is 12.8. The van der Waals surface area contributed by atoms with Crippen molar-refractivity contribution in [1.82, 2.24) is 4.98 Å². The number of rotatable bonds is 2. The zero-order valence-electron chi connectivity index (χ0n) is 8.64. The number of aryl methyl sites for hydroxylation is 1. The van der Waals surface area contributed by atoms with Crippen molar-refractivity contribution < 1.29 is 14.2 Å². The predicted molar refractivity (Wildman–Crippen MR) is 57.1 cm³/mol. The van der Waals surface area contributed by atoms with Gasteiger partial charge in [-0.25, -0.2) is 0 Å². The van der Waals surface area contributed by atoms with Crippen LogP contribution in [0.15, 0.2) is 36.4 Å². The van der Waals surface area contributed by atoms with Crippen molar-refractivity contribution in [3.63, 3.8) is 0 Å². The molecule has 82 valence electrons. The molecule has 16 heavy (non-hydrogen) atoms. The smallest absolute Gasteiger partial charge is 0.222 e. The van der Waals surface area contributed by atoms with Crippen molar-refractivity contribution in [1.29, 1.82) is 0 Å². The number of phenolic OH excluding ortho intramolecular Hbond substituents is 1. The zero-order chi connectivity index (χ0) is 11.5. The van der Waals surface area contributed by atoms with Crippen LogP contribution >= 0.6 is 0 Å². The first-order chi connectivity index (χ1) is 7.65. The topological polar surface area (TPSA) is 42.4 Å². The molecule has 1 aromatic carbocycles. The molecule has 1 heterocycles. The predicted octanol–water partition coefficient (Wildman–Crippen LogP) is 3.03. The van der Waals surface area contributed by atoms with Gasteiger partial charge in [-0.1, -0.05) is 12.1 Å². The number of aromatic nitrogens is 1. The molecule has 0 radical (unpaired) electrons. The number of hydrogen-bond acceptors (Lipinski definition) is 3. The summed E-state index contributed by atoms with van der Waals surface area (Å²) in [5.41, 5.74) is 0.914. The standard InChI is InChI=1S/C12H10FNO2/c1-8-5-6-10(9(15)7-8)16-12-4-2-3-11(13)14-12/h2-7,15H,1H3. The van der Waals surface area contributed by atoms with Gasteiger partial charge in [0.25, 0.3) is 0 Å². The lowest BCUT2D eigenvalue weighted by Gasteiger charge is -2.06. The summed E-state index contributed by atoms with van der Waals surface area (Å²) in [5.74, 6) is -0.252. The first kappa shape index (κ1) is 10.4. The lowest BCUT2D eigenvalue weighted by molar-refractivity contribution is 0.396. The summed E-state index contributed by atoms with van der Waals surface area (Å²) in [5, 5.41) is 9.58. The van der Waals surface area contributed by atoms with Gasteiger partial charge in [0.2, 0.25) is 11.8 Å². The first-order valence-electron chi connectivity index (χ1n) is 4.75. The van der Waals surface area contributed by atoms with Gasteiger partial charge < -0.3 is 9.84 Å². The molecule has 0 bridgehead atoms. The third-order valence-electron chi connectivity index (χ3n) is 2.02. The number of aromatic hydroxyl groups is 1. The fourth-order valence-corrected chi connectivity index (χ4v) is 1.27. The third kappa shape index (κ3) is 2.28. The minimum Gasteiger partial charge on any atom is -0.504 e. The van der Waals surface area contributed by atoms with Gasteiger partial charge in [-0.05, 0) is 30.7 Å². The molecule has 0 aliphatic carbocycles. The van der Waals surface area contributed by atoms with E-state index >= 15 is 0 Å². The van der Waals surface area contributed by atoms with E-state index in [1.54, 1.807) is 18.2 Å². The van der Waals surface area contributed by atoms with Crippen LogP contribution in [0.25, 0.3) is 0 Å². The van der Waals surface area contributed by atoms with Crippen LogP contribution in [0.4, 0.5) is 4.39 Å². The maximum Gasteiger partial charge on any atom is 0.222 e. The first-order valence-corrected chi connectivity index (χ1v) is 4.75. The van der Waals surface area contributed by atoms with E-state index in [0.717, 1.165) is 5.56 Å². The van der Waals surface area contributed by atoms with E-state index in [-0.39, 0.29) is 17.4 Å². The van der Waals surface area contributed by atoms with E-state index in [1.165, 1.54) is 18.2 Å². The number of benzene rings is 1. The summed E-state index contributed by atoms with van der Waals surface area (Å²) in [7, 11) is 0. The van der Waals surface area contributed by atoms with Crippen LogP contribution in [-0.2, 0) is 0 Å². The van der Waals surface area contributed by atoms with Gasteiger partial charge in [0.1, 0.15) is 0 Å². The Kier molecular flexibility index (Phi) is 2.72. The Morgan fingerprint density at radius 2 is 2.06 bits per heavy atom. The fraction of sp³-hybridized carbons (Fsp3) is 0.0833. The van der Waals surface area contributed by atoms with Gasteiger partial charge in [0.05, 0.1) is 0 Å². The molecule has 0 saturated carbocycles. The Hall–Kier alpha value is -2.10. The summed E-state index contributed by atoms with van der Waals surface area (Å²) in [6.45, 7) is 1.85. The molecule has 3 nitrogen and oxygen atoms in total. The Morgan fingerprint density at radius 1 is 1.25 bits per heavy atom. The van der Waals surface area contributed by atoms with Crippen LogP contribution in [0.3, 0.4) is 0 Å². The van der Waals surface area contributed by atoms with Crippen LogP contribution in [0.1, 0.15) is 5.56 Å². The highest BCUT2D eigenvalue weighted by Crippen LogP contribution is 2.30. The molecule has 0 unspecified atom stereocenters. The number of hydrogen-bond donors (Lipinski definition) is 1. The molecule has 0 atom stereocenters.